The molecule has 0 unspecified atom stereocenters. The van der Waals surface area contributed by atoms with Crippen LogP contribution in [-0.4, -0.2) is 32.2 Å². The van der Waals surface area contributed by atoms with Crippen molar-refractivity contribution in [3.63, 3.8) is 0 Å². The van der Waals surface area contributed by atoms with Crippen LogP contribution in [0.4, 0.5) is 0 Å². The predicted octanol–water partition coefficient (Wildman–Crippen LogP) is 2.82. The summed E-state index contributed by atoms with van der Waals surface area (Å²) in [5.74, 6) is 0.467. The van der Waals surface area contributed by atoms with Crippen LogP contribution in [0.1, 0.15) is 49.9 Å². The minimum absolute atomic E-state index is 0.124. The summed E-state index contributed by atoms with van der Waals surface area (Å²) in [6.07, 6.45) is 8.77. The molecule has 1 aromatic heterocycles. The van der Waals surface area contributed by atoms with Crippen LogP contribution in [0, 0.1) is 6.92 Å². The quantitative estimate of drug-likeness (QED) is 0.693. The molecule has 126 valence electrons. The maximum atomic E-state index is 12.9. The fourth-order valence-electron chi connectivity index (χ4n) is 3.07. The van der Waals surface area contributed by atoms with Crippen LogP contribution < -0.4 is 5.32 Å². The third-order valence-corrected chi connectivity index (χ3v) is 4.38. The molecule has 1 aliphatic carbocycles. The zero-order valence-electron chi connectivity index (χ0n) is 14.0. The lowest BCUT2D eigenvalue weighted by molar-refractivity contribution is -0.116. The molecule has 1 amide bonds. The summed E-state index contributed by atoms with van der Waals surface area (Å²) in [7, 11) is 0. The first-order valence-corrected chi connectivity index (χ1v) is 8.57. The number of benzene rings is 1. The number of hydrogen-bond donors (Lipinski definition) is 1. The molecule has 1 aliphatic rings. The molecule has 1 fully saturated rings. The number of amides is 1. The second-order valence-corrected chi connectivity index (χ2v) is 6.24. The van der Waals surface area contributed by atoms with Gasteiger partial charge in [0.15, 0.2) is 5.82 Å². The Morgan fingerprint density at radius 1 is 1.17 bits per heavy atom. The molecular formula is C18H23N5O. The molecule has 3 rings (SSSR count). The zero-order valence-corrected chi connectivity index (χ0v) is 14.0. The van der Waals surface area contributed by atoms with Crippen molar-refractivity contribution in [2.75, 3.05) is 0 Å². The zero-order chi connectivity index (χ0) is 16.8. The van der Waals surface area contributed by atoms with E-state index in [4.69, 9.17) is 0 Å². The van der Waals surface area contributed by atoms with E-state index in [1.807, 2.05) is 36.4 Å². The van der Waals surface area contributed by atoms with E-state index in [0.717, 1.165) is 18.4 Å². The molecule has 24 heavy (non-hydrogen) atoms. The highest BCUT2D eigenvalue weighted by atomic mass is 16.2. The normalized spacial score (nSPS) is 16.6. The van der Waals surface area contributed by atoms with E-state index < -0.39 is 0 Å². The highest BCUT2D eigenvalue weighted by molar-refractivity contribution is 6.18. The summed E-state index contributed by atoms with van der Waals surface area (Å²) in [4.78, 5) is 12.9. The number of tetrazole rings is 1. The van der Waals surface area contributed by atoms with Crippen LogP contribution in [-0.2, 0) is 4.79 Å². The molecule has 0 saturated heterocycles. The van der Waals surface area contributed by atoms with Gasteiger partial charge in [0.05, 0.1) is 0 Å². The Morgan fingerprint density at radius 3 is 2.50 bits per heavy atom. The summed E-state index contributed by atoms with van der Waals surface area (Å²) in [5.41, 5.74) is 1.39. The van der Waals surface area contributed by atoms with E-state index >= 15 is 0 Å². The van der Waals surface area contributed by atoms with Gasteiger partial charge in [-0.15, -0.1) is 5.10 Å². The number of nitrogens with zero attached hydrogens (tertiary/aromatic N) is 4. The fourth-order valence-corrected chi connectivity index (χ4v) is 3.07. The summed E-state index contributed by atoms with van der Waals surface area (Å²) in [5, 5.41) is 14.7. The summed E-state index contributed by atoms with van der Waals surface area (Å²) in [6.45, 7) is 1.79. The Bertz CT molecular complexity index is 699. The van der Waals surface area contributed by atoms with Gasteiger partial charge in [-0.1, -0.05) is 56.0 Å². The Hall–Kier alpha value is -2.50. The number of nitrogens with one attached hydrogen (secondary N) is 1. The van der Waals surface area contributed by atoms with Crippen molar-refractivity contribution in [1.29, 1.82) is 0 Å². The summed E-state index contributed by atoms with van der Waals surface area (Å²) < 4.78 is 1.50. The lowest BCUT2D eigenvalue weighted by Crippen LogP contribution is -2.36. The van der Waals surface area contributed by atoms with Gasteiger partial charge in [-0.05, 0) is 41.8 Å². The second kappa shape index (κ2) is 7.86. The lowest BCUT2D eigenvalue weighted by atomic mass is 10.1. The highest BCUT2D eigenvalue weighted by Gasteiger charge is 2.20. The van der Waals surface area contributed by atoms with Crippen molar-refractivity contribution in [1.82, 2.24) is 25.5 Å². The van der Waals surface area contributed by atoms with Gasteiger partial charge in [0.2, 0.25) is 0 Å². The van der Waals surface area contributed by atoms with Gasteiger partial charge >= 0.3 is 0 Å². The molecule has 1 N–H and O–H groups in total. The molecule has 2 aromatic rings. The molecule has 0 atom stereocenters. The molecule has 6 nitrogen and oxygen atoms in total. The van der Waals surface area contributed by atoms with E-state index in [-0.39, 0.29) is 11.9 Å². The smallest absolute Gasteiger partial charge is 0.270 e. The average Bonchev–Trinajstić information content (AvgIpc) is 2.85. The standard InChI is InChI=1S/C18H23N5O/c1-14-20-21-22-23(14)17(13-15-9-5-4-6-10-15)18(24)19-16-11-7-2-3-8-12-16/h4-6,9-10,13,16H,2-3,7-8,11-12H2,1H3,(H,19,24)/b17-13-. The third kappa shape index (κ3) is 4.07. The topological polar surface area (TPSA) is 72.7 Å². The van der Waals surface area contributed by atoms with E-state index in [2.05, 4.69) is 20.8 Å². The second-order valence-electron chi connectivity index (χ2n) is 6.24. The van der Waals surface area contributed by atoms with E-state index in [9.17, 15) is 4.79 Å². The van der Waals surface area contributed by atoms with Gasteiger partial charge in [-0.25, -0.2) is 0 Å². The minimum Gasteiger partial charge on any atom is -0.348 e. The molecule has 0 bridgehead atoms. The van der Waals surface area contributed by atoms with Crippen LogP contribution in [0.15, 0.2) is 30.3 Å². The first-order valence-electron chi connectivity index (χ1n) is 8.57. The van der Waals surface area contributed by atoms with E-state index in [1.54, 1.807) is 6.92 Å². The van der Waals surface area contributed by atoms with Crippen molar-refractivity contribution in [3.8, 4) is 0 Å². The summed E-state index contributed by atoms with van der Waals surface area (Å²) in [6, 6.07) is 9.98. The Labute approximate surface area is 142 Å². The number of hydrogen-bond acceptors (Lipinski definition) is 4. The third-order valence-electron chi connectivity index (χ3n) is 4.38. The molecule has 1 saturated carbocycles. The maximum Gasteiger partial charge on any atom is 0.270 e. The highest BCUT2D eigenvalue weighted by Crippen LogP contribution is 2.19. The number of aryl methyl sites for hydroxylation is 1. The lowest BCUT2D eigenvalue weighted by Gasteiger charge is -2.17. The van der Waals surface area contributed by atoms with Crippen molar-refractivity contribution < 1.29 is 4.79 Å². The summed E-state index contributed by atoms with van der Waals surface area (Å²) >= 11 is 0. The van der Waals surface area contributed by atoms with Gasteiger partial charge in [0.25, 0.3) is 5.91 Å². The Kier molecular flexibility index (Phi) is 5.36. The molecule has 0 spiro atoms. The molecule has 1 heterocycles. The molecule has 1 aromatic carbocycles. The number of carbonyl (C=O) groups excluding carboxylic acids is 1. The largest absolute Gasteiger partial charge is 0.348 e. The van der Waals surface area contributed by atoms with Gasteiger partial charge < -0.3 is 5.32 Å². The van der Waals surface area contributed by atoms with Gasteiger partial charge in [0, 0.05) is 6.04 Å². The fraction of sp³-hybridized carbons (Fsp3) is 0.444. The molecule has 0 aliphatic heterocycles. The predicted molar refractivity (Wildman–Crippen MR) is 92.8 cm³/mol. The Balaban J connectivity index is 1.85. The minimum atomic E-state index is -0.124. The maximum absolute atomic E-state index is 12.9. The molecular weight excluding hydrogens is 302 g/mol. The monoisotopic (exact) mass is 325 g/mol. The molecule has 0 radical (unpaired) electrons. The van der Waals surface area contributed by atoms with Gasteiger partial charge in [-0.3, -0.25) is 4.79 Å². The van der Waals surface area contributed by atoms with Crippen LogP contribution in [0.3, 0.4) is 0 Å². The van der Waals surface area contributed by atoms with Crippen molar-refractivity contribution >= 4 is 17.7 Å². The van der Waals surface area contributed by atoms with Crippen LogP contribution in [0.2, 0.25) is 0 Å². The van der Waals surface area contributed by atoms with Crippen molar-refractivity contribution in [3.05, 3.63) is 41.7 Å². The van der Waals surface area contributed by atoms with Crippen molar-refractivity contribution in [2.45, 2.75) is 51.5 Å². The van der Waals surface area contributed by atoms with Crippen LogP contribution in [0.25, 0.3) is 11.8 Å². The van der Waals surface area contributed by atoms with Crippen LogP contribution in [0.5, 0.6) is 0 Å². The van der Waals surface area contributed by atoms with Gasteiger partial charge in [0.1, 0.15) is 5.70 Å². The van der Waals surface area contributed by atoms with E-state index in [1.165, 1.54) is 30.4 Å². The first-order chi connectivity index (χ1) is 11.7. The SMILES string of the molecule is Cc1nnnn1/C(=C\c1ccccc1)C(=O)NC1CCCCCC1. The van der Waals surface area contributed by atoms with Gasteiger partial charge in [-0.2, -0.15) is 4.68 Å². The Morgan fingerprint density at radius 2 is 1.88 bits per heavy atom. The number of aromatic nitrogens is 4. The first kappa shape index (κ1) is 16.4. The van der Waals surface area contributed by atoms with Crippen molar-refractivity contribution in [2.24, 2.45) is 0 Å². The van der Waals surface area contributed by atoms with Crippen LogP contribution >= 0.6 is 0 Å². The number of rotatable bonds is 4. The van der Waals surface area contributed by atoms with E-state index in [0.29, 0.717) is 11.5 Å². The average molecular weight is 325 g/mol. The molecule has 6 heteroatoms. The number of carbonyl (C=O) groups is 1.